The monoisotopic (exact) mass is 286 g/mol. The first-order chi connectivity index (χ1) is 8.90. The van der Waals surface area contributed by atoms with Gasteiger partial charge in [-0.25, -0.2) is 4.79 Å². The van der Waals surface area contributed by atoms with Gasteiger partial charge in [-0.2, -0.15) is 0 Å². The number of anilines is 1. The van der Waals surface area contributed by atoms with Crippen molar-refractivity contribution in [1.29, 1.82) is 0 Å². The van der Waals surface area contributed by atoms with Gasteiger partial charge in [-0.05, 0) is 12.1 Å². The number of nitro benzene ring substituents is 1. The van der Waals surface area contributed by atoms with Crippen molar-refractivity contribution in [2.45, 2.75) is 18.6 Å². The maximum absolute atomic E-state index is 11.1. The molecule has 2 rings (SSSR count). The molecule has 1 fully saturated rings. The van der Waals surface area contributed by atoms with Crippen molar-refractivity contribution >= 4 is 28.9 Å². The molecule has 2 atom stereocenters. The van der Waals surface area contributed by atoms with E-state index < -0.39 is 23.0 Å². The van der Waals surface area contributed by atoms with E-state index in [1.165, 1.54) is 23.1 Å². The van der Waals surface area contributed by atoms with Gasteiger partial charge >= 0.3 is 5.97 Å². The highest BCUT2D eigenvalue weighted by Crippen LogP contribution is 2.35. The Morgan fingerprint density at radius 2 is 2.21 bits per heavy atom. The van der Waals surface area contributed by atoms with Crippen LogP contribution in [0.3, 0.4) is 0 Å². The van der Waals surface area contributed by atoms with Crippen LogP contribution in [-0.4, -0.2) is 39.8 Å². The number of carboxylic acid groups (broad SMARTS) is 1. The second-order valence-electron chi connectivity index (χ2n) is 4.29. The molecular formula is C11H11ClN2O5. The number of halogens is 1. The Bertz CT molecular complexity index is 536. The fourth-order valence-corrected chi connectivity index (χ4v) is 2.36. The van der Waals surface area contributed by atoms with E-state index in [0.717, 1.165) is 0 Å². The predicted molar refractivity (Wildman–Crippen MR) is 67.5 cm³/mol. The zero-order chi connectivity index (χ0) is 14.2. The zero-order valence-electron chi connectivity index (χ0n) is 9.69. The Balaban J connectivity index is 2.47. The first-order valence-electron chi connectivity index (χ1n) is 5.51. The zero-order valence-corrected chi connectivity index (χ0v) is 10.4. The van der Waals surface area contributed by atoms with Crippen LogP contribution >= 0.6 is 11.6 Å². The van der Waals surface area contributed by atoms with Crippen molar-refractivity contribution in [3.8, 4) is 0 Å². The van der Waals surface area contributed by atoms with Crippen LogP contribution in [0.1, 0.15) is 6.42 Å². The fourth-order valence-electron chi connectivity index (χ4n) is 2.20. The summed E-state index contributed by atoms with van der Waals surface area (Å²) in [6.07, 6.45) is -0.807. The standard InChI is InChI=1S/C11H11ClN2O5/c12-6-1-2-8(14(18)19)9(3-6)13-5-7(15)4-10(13)11(16)17/h1-3,7,10,15H,4-5H2,(H,16,17). The smallest absolute Gasteiger partial charge is 0.326 e. The van der Waals surface area contributed by atoms with E-state index in [1.807, 2.05) is 0 Å². The van der Waals surface area contributed by atoms with Gasteiger partial charge in [0.2, 0.25) is 0 Å². The number of nitrogens with zero attached hydrogens (tertiary/aromatic N) is 2. The van der Waals surface area contributed by atoms with Crippen molar-refractivity contribution in [2.75, 3.05) is 11.4 Å². The molecule has 8 heteroatoms. The molecule has 1 aliphatic heterocycles. The number of benzene rings is 1. The molecule has 1 heterocycles. The van der Waals surface area contributed by atoms with Crippen molar-refractivity contribution in [1.82, 2.24) is 0 Å². The topological polar surface area (TPSA) is 104 Å². The molecule has 0 aromatic heterocycles. The summed E-state index contributed by atoms with van der Waals surface area (Å²) < 4.78 is 0. The summed E-state index contributed by atoms with van der Waals surface area (Å²) in [5.74, 6) is -1.13. The summed E-state index contributed by atoms with van der Waals surface area (Å²) in [6, 6.07) is 2.94. The van der Waals surface area contributed by atoms with Crippen LogP contribution in [0, 0.1) is 10.1 Å². The Morgan fingerprint density at radius 1 is 1.53 bits per heavy atom. The minimum Gasteiger partial charge on any atom is -0.480 e. The number of aliphatic carboxylic acids is 1. The van der Waals surface area contributed by atoms with Crippen molar-refractivity contribution in [3.63, 3.8) is 0 Å². The minimum atomic E-state index is -1.13. The molecule has 0 radical (unpaired) electrons. The number of carbonyl (C=O) groups is 1. The molecule has 1 saturated heterocycles. The summed E-state index contributed by atoms with van der Waals surface area (Å²) in [5, 5.41) is 29.9. The third-order valence-corrected chi connectivity index (χ3v) is 3.24. The van der Waals surface area contributed by atoms with E-state index >= 15 is 0 Å². The number of nitro groups is 1. The number of hydrogen-bond donors (Lipinski definition) is 2. The van der Waals surface area contributed by atoms with Crippen LogP contribution < -0.4 is 4.90 Å². The maximum Gasteiger partial charge on any atom is 0.326 e. The lowest BCUT2D eigenvalue weighted by molar-refractivity contribution is -0.384. The molecule has 1 aromatic rings. The molecular weight excluding hydrogens is 276 g/mol. The van der Waals surface area contributed by atoms with Crippen molar-refractivity contribution in [2.24, 2.45) is 0 Å². The molecule has 2 unspecified atom stereocenters. The van der Waals surface area contributed by atoms with Gasteiger partial charge < -0.3 is 15.1 Å². The lowest BCUT2D eigenvalue weighted by Gasteiger charge is -2.23. The quantitative estimate of drug-likeness (QED) is 0.640. The Labute approximate surface area is 113 Å². The van der Waals surface area contributed by atoms with Gasteiger partial charge in [0.05, 0.1) is 11.0 Å². The number of aliphatic hydroxyl groups excluding tert-OH is 1. The molecule has 102 valence electrons. The van der Waals surface area contributed by atoms with Gasteiger partial charge in [-0.1, -0.05) is 11.6 Å². The van der Waals surface area contributed by atoms with Crippen LogP contribution in [0.5, 0.6) is 0 Å². The maximum atomic E-state index is 11.1. The van der Waals surface area contributed by atoms with E-state index in [-0.39, 0.29) is 29.4 Å². The largest absolute Gasteiger partial charge is 0.480 e. The molecule has 0 aliphatic carbocycles. The van der Waals surface area contributed by atoms with Crippen LogP contribution in [0.2, 0.25) is 5.02 Å². The highest BCUT2D eigenvalue weighted by atomic mass is 35.5. The van der Waals surface area contributed by atoms with Gasteiger partial charge in [-0.15, -0.1) is 0 Å². The Kier molecular flexibility index (Phi) is 3.59. The molecule has 0 amide bonds. The number of β-amino-alcohol motifs (C(OH)–C–C–N with tert-alkyl or cyclic N) is 1. The second-order valence-corrected chi connectivity index (χ2v) is 4.72. The van der Waals surface area contributed by atoms with Crippen molar-refractivity contribution < 1.29 is 19.9 Å². The van der Waals surface area contributed by atoms with Gasteiger partial charge in [0, 0.05) is 24.1 Å². The van der Waals surface area contributed by atoms with Gasteiger partial charge in [-0.3, -0.25) is 10.1 Å². The van der Waals surface area contributed by atoms with Crippen LogP contribution in [0.4, 0.5) is 11.4 Å². The minimum absolute atomic E-state index is 0.0259. The number of carboxylic acids is 1. The number of rotatable bonds is 3. The van der Waals surface area contributed by atoms with Gasteiger partial charge in [0.25, 0.3) is 5.69 Å². The molecule has 0 spiro atoms. The van der Waals surface area contributed by atoms with E-state index in [2.05, 4.69) is 0 Å². The highest BCUT2D eigenvalue weighted by Gasteiger charge is 2.38. The fraction of sp³-hybridized carbons (Fsp3) is 0.364. The first-order valence-corrected chi connectivity index (χ1v) is 5.89. The van der Waals surface area contributed by atoms with E-state index in [1.54, 1.807) is 0 Å². The third-order valence-electron chi connectivity index (χ3n) is 3.01. The Morgan fingerprint density at radius 3 is 2.79 bits per heavy atom. The van der Waals surface area contributed by atoms with E-state index in [9.17, 15) is 20.0 Å². The van der Waals surface area contributed by atoms with E-state index in [0.29, 0.717) is 0 Å². The first kappa shape index (κ1) is 13.6. The number of aliphatic hydroxyl groups is 1. The average molecular weight is 287 g/mol. The van der Waals surface area contributed by atoms with Gasteiger partial charge in [0.15, 0.2) is 0 Å². The van der Waals surface area contributed by atoms with Crippen LogP contribution in [0.25, 0.3) is 0 Å². The lowest BCUT2D eigenvalue weighted by atomic mass is 10.2. The third kappa shape index (κ3) is 2.61. The molecule has 7 nitrogen and oxygen atoms in total. The normalized spacial score (nSPS) is 22.5. The molecule has 1 aromatic carbocycles. The number of hydrogen-bond acceptors (Lipinski definition) is 5. The summed E-state index contributed by atoms with van der Waals surface area (Å²) in [6.45, 7) is 0.0259. The molecule has 0 bridgehead atoms. The highest BCUT2D eigenvalue weighted by molar-refractivity contribution is 6.31. The van der Waals surface area contributed by atoms with Crippen molar-refractivity contribution in [3.05, 3.63) is 33.3 Å². The molecule has 1 aliphatic rings. The molecule has 2 N–H and O–H groups in total. The van der Waals surface area contributed by atoms with Crippen LogP contribution in [-0.2, 0) is 4.79 Å². The molecule has 19 heavy (non-hydrogen) atoms. The predicted octanol–water partition coefficient (Wildman–Crippen LogP) is 1.27. The summed E-state index contributed by atoms with van der Waals surface area (Å²) in [5.41, 5.74) is -0.119. The SMILES string of the molecule is O=C(O)C1CC(O)CN1c1cc(Cl)ccc1[N+](=O)[O-]. The van der Waals surface area contributed by atoms with Gasteiger partial charge in [0.1, 0.15) is 11.7 Å². The summed E-state index contributed by atoms with van der Waals surface area (Å²) >= 11 is 5.80. The summed E-state index contributed by atoms with van der Waals surface area (Å²) in [4.78, 5) is 22.8. The summed E-state index contributed by atoms with van der Waals surface area (Å²) in [7, 11) is 0. The molecule has 0 saturated carbocycles. The van der Waals surface area contributed by atoms with E-state index in [4.69, 9.17) is 16.7 Å². The Hall–Kier alpha value is -1.86. The average Bonchev–Trinajstić information content (AvgIpc) is 2.70. The second kappa shape index (κ2) is 5.02. The van der Waals surface area contributed by atoms with Crippen LogP contribution in [0.15, 0.2) is 18.2 Å². The lowest BCUT2D eigenvalue weighted by Crippen LogP contribution is -2.36.